The number of hydrogen-bond acceptors (Lipinski definition) is 5. The van der Waals surface area contributed by atoms with E-state index in [-0.39, 0.29) is 11.8 Å². The molecule has 3 aromatic heterocycles. The Morgan fingerprint density at radius 2 is 2.07 bits per heavy atom. The molecule has 0 spiro atoms. The first-order valence-electron chi connectivity index (χ1n) is 10.1. The standard InChI is InChI=1S/C20H25N7O/c28-20(17-8-12-27(24-17)16-6-3-9-21-13-16)25-10-4-5-15(14-25)19-23-22-18-7-1-2-11-26(18)19/h1-2,7-8,11-12,15-16,21H,3-6,9-10,13-14H2. The smallest absolute Gasteiger partial charge is 0.274 e. The minimum absolute atomic E-state index is 0.0149. The third-order valence-corrected chi connectivity index (χ3v) is 5.89. The number of amides is 1. The molecule has 5 rings (SSSR count). The zero-order valence-electron chi connectivity index (χ0n) is 15.9. The summed E-state index contributed by atoms with van der Waals surface area (Å²) in [5.41, 5.74) is 1.39. The second kappa shape index (κ2) is 7.35. The molecule has 0 saturated carbocycles. The number of rotatable bonds is 3. The first-order chi connectivity index (χ1) is 13.8. The van der Waals surface area contributed by atoms with Crippen molar-refractivity contribution in [3.8, 4) is 0 Å². The van der Waals surface area contributed by atoms with E-state index in [4.69, 9.17) is 0 Å². The third kappa shape index (κ3) is 3.17. The molecular formula is C20H25N7O. The quantitative estimate of drug-likeness (QED) is 0.751. The molecule has 0 radical (unpaired) electrons. The van der Waals surface area contributed by atoms with Crippen LogP contribution in [0.1, 0.15) is 54.0 Å². The Balaban J connectivity index is 1.32. The fourth-order valence-electron chi connectivity index (χ4n) is 4.39. The fraction of sp³-hybridized carbons (Fsp3) is 0.500. The van der Waals surface area contributed by atoms with Crippen LogP contribution in [0.15, 0.2) is 36.7 Å². The summed E-state index contributed by atoms with van der Waals surface area (Å²) in [7, 11) is 0. The topological polar surface area (TPSA) is 80.3 Å². The van der Waals surface area contributed by atoms with Gasteiger partial charge in [0.2, 0.25) is 0 Å². The van der Waals surface area contributed by atoms with Gasteiger partial charge in [0.15, 0.2) is 5.65 Å². The maximum Gasteiger partial charge on any atom is 0.274 e. The molecule has 0 bridgehead atoms. The molecule has 1 N–H and O–H groups in total. The minimum atomic E-state index is 0.0149. The van der Waals surface area contributed by atoms with Crippen molar-refractivity contribution in [1.82, 2.24) is 34.6 Å². The molecule has 8 heteroatoms. The molecule has 28 heavy (non-hydrogen) atoms. The van der Waals surface area contributed by atoms with Gasteiger partial charge in [0.25, 0.3) is 5.91 Å². The van der Waals surface area contributed by atoms with Gasteiger partial charge >= 0.3 is 0 Å². The summed E-state index contributed by atoms with van der Waals surface area (Å²) in [6, 6.07) is 8.09. The Hall–Kier alpha value is -2.74. The number of fused-ring (bicyclic) bond motifs is 1. The summed E-state index contributed by atoms with van der Waals surface area (Å²) in [5.74, 6) is 1.15. The maximum absolute atomic E-state index is 13.1. The third-order valence-electron chi connectivity index (χ3n) is 5.89. The number of aromatic nitrogens is 5. The highest BCUT2D eigenvalue weighted by Crippen LogP contribution is 2.27. The molecule has 0 aromatic carbocycles. The molecule has 2 atom stereocenters. The van der Waals surface area contributed by atoms with Crippen LogP contribution in [0.5, 0.6) is 0 Å². The molecular weight excluding hydrogens is 354 g/mol. The summed E-state index contributed by atoms with van der Waals surface area (Å²) >= 11 is 0. The van der Waals surface area contributed by atoms with Crippen molar-refractivity contribution in [2.24, 2.45) is 0 Å². The SMILES string of the molecule is O=C(c1ccn(C2CCCNC2)n1)N1CCCC(c2nnc3ccccn23)C1. The summed E-state index contributed by atoms with van der Waals surface area (Å²) in [4.78, 5) is 15.0. The molecule has 2 aliphatic rings. The molecule has 2 fully saturated rings. The summed E-state index contributed by atoms with van der Waals surface area (Å²) in [6.45, 7) is 3.41. The van der Waals surface area contributed by atoms with Gasteiger partial charge in [0, 0.05) is 37.9 Å². The Kier molecular flexibility index (Phi) is 4.56. The van der Waals surface area contributed by atoms with Crippen molar-refractivity contribution in [2.75, 3.05) is 26.2 Å². The van der Waals surface area contributed by atoms with Crippen LogP contribution in [0.3, 0.4) is 0 Å². The van der Waals surface area contributed by atoms with E-state index in [1.54, 1.807) is 0 Å². The van der Waals surface area contributed by atoms with Crippen LogP contribution in [0.2, 0.25) is 0 Å². The van der Waals surface area contributed by atoms with E-state index in [1.165, 1.54) is 0 Å². The number of likely N-dealkylation sites (tertiary alicyclic amines) is 1. The number of pyridine rings is 1. The summed E-state index contributed by atoms with van der Waals surface area (Å²) < 4.78 is 3.98. The van der Waals surface area contributed by atoms with Crippen LogP contribution in [-0.2, 0) is 0 Å². The molecule has 1 amide bonds. The number of carbonyl (C=O) groups excluding carboxylic acids is 1. The van der Waals surface area contributed by atoms with Crippen molar-refractivity contribution in [2.45, 2.75) is 37.6 Å². The van der Waals surface area contributed by atoms with Gasteiger partial charge in [-0.3, -0.25) is 13.9 Å². The normalized spacial score (nSPS) is 23.2. The lowest BCUT2D eigenvalue weighted by Crippen LogP contribution is -2.40. The average molecular weight is 379 g/mol. The maximum atomic E-state index is 13.1. The lowest BCUT2D eigenvalue weighted by atomic mass is 9.97. The monoisotopic (exact) mass is 379 g/mol. The van der Waals surface area contributed by atoms with Crippen molar-refractivity contribution in [3.05, 3.63) is 48.2 Å². The van der Waals surface area contributed by atoms with E-state index in [0.29, 0.717) is 18.3 Å². The molecule has 5 heterocycles. The van der Waals surface area contributed by atoms with Crippen molar-refractivity contribution >= 4 is 11.6 Å². The zero-order valence-corrected chi connectivity index (χ0v) is 15.9. The van der Waals surface area contributed by atoms with E-state index in [9.17, 15) is 4.79 Å². The number of piperidine rings is 2. The van der Waals surface area contributed by atoms with Crippen LogP contribution >= 0.6 is 0 Å². The zero-order chi connectivity index (χ0) is 18.9. The first kappa shape index (κ1) is 17.4. The Morgan fingerprint density at radius 1 is 1.11 bits per heavy atom. The van der Waals surface area contributed by atoms with Crippen molar-refractivity contribution < 1.29 is 4.79 Å². The van der Waals surface area contributed by atoms with Gasteiger partial charge in [0.1, 0.15) is 11.5 Å². The van der Waals surface area contributed by atoms with Gasteiger partial charge in [-0.2, -0.15) is 5.10 Å². The lowest BCUT2D eigenvalue weighted by molar-refractivity contribution is 0.0696. The minimum Gasteiger partial charge on any atom is -0.337 e. The van der Waals surface area contributed by atoms with Crippen LogP contribution < -0.4 is 5.32 Å². The number of nitrogens with one attached hydrogen (secondary N) is 1. The van der Waals surface area contributed by atoms with Gasteiger partial charge in [-0.1, -0.05) is 6.07 Å². The molecule has 8 nitrogen and oxygen atoms in total. The Labute approximate surface area is 163 Å². The summed E-state index contributed by atoms with van der Waals surface area (Å²) in [6.07, 6.45) is 8.17. The van der Waals surface area contributed by atoms with E-state index in [0.717, 1.165) is 56.8 Å². The van der Waals surface area contributed by atoms with E-state index in [2.05, 4.69) is 20.6 Å². The van der Waals surface area contributed by atoms with E-state index < -0.39 is 0 Å². The van der Waals surface area contributed by atoms with Gasteiger partial charge in [-0.15, -0.1) is 10.2 Å². The molecule has 2 saturated heterocycles. The van der Waals surface area contributed by atoms with Crippen molar-refractivity contribution in [1.29, 1.82) is 0 Å². The molecule has 0 aliphatic carbocycles. The predicted molar refractivity (Wildman–Crippen MR) is 104 cm³/mol. The number of carbonyl (C=O) groups is 1. The fourth-order valence-corrected chi connectivity index (χ4v) is 4.39. The number of hydrogen-bond donors (Lipinski definition) is 1. The van der Waals surface area contributed by atoms with Gasteiger partial charge < -0.3 is 10.2 Å². The predicted octanol–water partition coefficient (Wildman–Crippen LogP) is 1.87. The van der Waals surface area contributed by atoms with Gasteiger partial charge in [-0.25, -0.2) is 0 Å². The molecule has 3 aromatic rings. The first-order valence-corrected chi connectivity index (χ1v) is 10.1. The highest BCUT2D eigenvalue weighted by Gasteiger charge is 2.29. The average Bonchev–Trinajstić information content (AvgIpc) is 3.42. The van der Waals surface area contributed by atoms with E-state index >= 15 is 0 Å². The van der Waals surface area contributed by atoms with Crippen LogP contribution in [0, 0.1) is 0 Å². The molecule has 146 valence electrons. The lowest BCUT2D eigenvalue weighted by Gasteiger charge is -2.31. The second-order valence-electron chi connectivity index (χ2n) is 7.76. The van der Waals surface area contributed by atoms with E-state index in [1.807, 2.05) is 50.6 Å². The van der Waals surface area contributed by atoms with Gasteiger partial charge in [0.05, 0.1) is 6.04 Å². The van der Waals surface area contributed by atoms with Crippen LogP contribution in [0.25, 0.3) is 5.65 Å². The van der Waals surface area contributed by atoms with Gasteiger partial charge in [-0.05, 0) is 50.4 Å². The summed E-state index contributed by atoms with van der Waals surface area (Å²) in [5, 5.41) is 16.7. The van der Waals surface area contributed by atoms with Crippen molar-refractivity contribution in [3.63, 3.8) is 0 Å². The highest BCUT2D eigenvalue weighted by molar-refractivity contribution is 5.92. The second-order valence-corrected chi connectivity index (χ2v) is 7.76. The number of nitrogens with zero attached hydrogens (tertiary/aromatic N) is 6. The van der Waals surface area contributed by atoms with Crippen LogP contribution in [0.4, 0.5) is 0 Å². The largest absolute Gasteiger partial charge is 0.337 e. The highest BCUT2D eigenvalue weighted by atomic mass is 16.2. The Morgan fingerprint density at radius 3 is 2.96 bits per heavy atom. The van der Waals surface area contributed by atoms with Crippen LogP contribution in [-0.4, -0.2) is 61.4 Å². The Bertz CT molecular complexity index is 972. The molecule has 2 unspecified atom stereocenters. The molecule has 2 aliphatic heterocycles.